The third kappa shape index (κ3) is 4.59. The predicted octanol–water partition coefficient (Wildman–Crippen LogP) is 0.972. The maximum absolute atomic E-state index is 12.1. The lowest BCUT2D eigenvalue weighted by molar-refractivity contribution is -0.143. The highest BCUT2D eigenvalue weighted by Crippen LogP contribution is 2.21. The third-order valence-corrected chi connectivity index (χ3v) is 5.13. The van der Waals surface area contributed by atoms with Gasteiger partial charge in [0, 0.05) is 6.04 Å². The van der Waals surface area contributed by atoms with Crippen molar-refractivity contribution in [2.45, 2.75) is 51.5 Å². The average Bonchev–Trinajstić information content (AvgIpc) is 2.24. The highest BCUT2D eigenvalue weighted by atomic mass is 32.2. The topological polar surface area (TPSA) is 90.0 Å². The van der Waals surface area contributed by atoms with Crippen molar-refractivity contribution in [3.63, 3.8) is 0 Å². The Morgan fingerprint density at radius 3 is 2.33 bits per heavy atom. The van der Waals surface area contributed by atoms with E-state index in [2.05, 4.69) is 0 Å². The van der Waals surface area contributed by atoms with Crippen molar-refractivity contribution >= 4 is 21.9 Å². The standard InChI is InChI=1S/C13H23NO6S/c1-6-19-11(15)10-7-14(9(2)8-21(10,17)18)12(16)20-13(3,4)5/h9-10H,6-8H2,1-5H3/t9-,10?/m0/s1. The fourth-order valence-electron chi connectivity index (χ4n) is 2.05. The monoisotopic (exact) mass is 321 g/mol. The Morgan fingerprint density at radius 2 is 1.86 bits per heavy atom. The largest absolute Gasteiger partial charge is 0.465 e. The van der Waals surface area contributed by atoms with Crippen LogP contribution in [-0.4, -0.2) is 61.2 Å². The number of esters is 1. The molecular weight excluding hydrogens is 298 g/mol. The lowest BCUT2D eigenvalue weighted by Crippen LogP contribution is -2.57. The van der Waals surface area contributed by atoms with E-state index in [0.29, 0.717) is 0 Å². The second-order valence-electron chi connectivity index (χ2n) is 6.05. The Bertz CT molecular complexity index is 507. The van der Waals surface area contributed by atoms with Gasteiger partial charge < -0.3 is 14.4 Å². The Morgan fingerprint density at radius 1 is 1.29 bits per heavy atom. The van der Waals surface area contributed by atoms with Gasteiger partial charge in [-0.05, 0) is 34.6 Å². The van der Waals surface area contributed by atoms with Crippen molar-refractivity contribution in [3.05, 3.63) is 0 Å². The second-order valence-corrected chi connectivity index (χ2v) is 8.28. The van der Waals surface area contributed by atoms with Crippen molar-refractivity contribution in [2.75, 3.05) is 18.9 Å². The molecule has 21 heavy (non-hydrogen) atoms. The summed E-state index contributed by atoms with van der Waals surface area (Å²) in [7, 11) is -3.63. The van der Waals surface area contributed by atoms with Gasteiger partial charge in [-0.3, -0.25) is 4.79 Å². The van der Waals surface area contributed by atoms with E-state index in [1.165, 1.54) is 4.90 Å². The molecule has 1 rings (SSSR count). The van der Waals surface area contributed by atoms with Gasteiger partial charge in [0.25, 0.3) is 0 Å². The molecule has 0 N–H and O–H groups in total. The fraction of sp³-hybridized carbons (Fsp3) is 0.846. The molecule has 1 saturated heterocycles. The lowest BCUT2D eigenvalue weighted by Gasteiger charge is -2.37. The summed E-state index contributed by atoms with van der Waals surface area (Å²) < 4.78 is 34.2. The number of nitrogens with zero attached hydrogens (tertiary/aromatic N) is 1. The zero-order chi connectivity index (χ0) is 16.4. The van der Waals surface area contributed by atoms with E-state index in [0.717, 1.165) is 0 Å². The van der Waals surface area contributed by atoms with E-state index in [9.17, 15) is 18.0 Å². The van der Waals surface area contributed by atoms with Crippen LogP contribution in [-0.2, 0) is 24.1 Å². The van der Waals surface area contributed by atoms with Gasteiger partial charge >= 0.3 is 12.1 Å². The molecule has 1 amide bonds. The van der Waals surface area contributed by atoms with Crippen LogP contribution < -0.4 is 0 Å². The van der Waals surface area contributed by atoms with E-state index >= 15 is 0 Å². The van der Waals surface area contributed by atoms with E-state index in [4.69, 9.17) is 9.47 Å². The van der Waals surface area contributed by atoms with Gasteiger partial charge in [-0.1, -0.05) is 0 Å². The van der Waals surface area contributed by atoms with Gasteiger partial charge in [-0.15, -0.1) is 0 Å². The first kappa shape index (κ1) is 17.7. The summed E-state index contributed by atoms with van der Waals surface area (Å²) in [5, 5.41) is -1.35. The van der Waals surface area contributed by atoms with Crippen molar-refractivity contribution in [1.29, 1.82) is 0 Å². The number of sulfone groups is 1. The lowest BCUT2D eigenvalue weighted by atomic mass is 10.2. The summed E-state index contributed by atoms with van der Waals surface area (Å²) in [6.07, 6.45) is -0.626. The summed E-state index contributed by atoms with van der Waals surface area (Å²) in [5.74, 6) is -1.10. The Hall–Kier alpha value is -1.31. The molecule has 1 aliphatic heterocycles. The first-order chi connectivity index (χ1) is 9.48. The average molecular weight is 321 g/mol. The van der Waals surface area contributed by atoms with Crippen LogP contribution in [0, 0.1) is 0 Å². The normalized spacial score (nSPS) is 25.3. The molecule has 122 valence electrons. The molecule has 0 bridgehead atoms. The van der Waals surface area contributed by atoms with Crippen molar-refractivity contribution < 1.29 is 27.5 Å². The van der Waals surface area contributed by atoms with Crippen molar-refractivity contribution in [3.8, 4) is 0 Å². The molecular formula is C13H23NO6S. The number of hydrogen-bond donors (Lipinski definition) is 0. The van der Waals surface area contributed by atoms with Crippen LogP contribution in [0.3, 0.4) is 0 Å². The highest BCUT2D eigenvalue weighted by molar-refractivity contribution is 7.92. The molecule has 1 fully saturated rings. The highest BCUT2D eigenvalue weighted by Gasteiger charge is 2.45. The van der Waals surface area contributed by atoms with E-state index in [1.54, 1.807) is 34.6 Å². The van der Waals surface area contributed by atoms with Crippen LogP contribution in [0.1, 0.15) is 34.6 Å². The van der Waals surface area contributed by atoms with E-state index in [-0.39, 0.29) is 18.9 Å². The number of amides is 1. The minimum atomic E-state index is -3.63. The molecule has 1 heterocycles. The van der Waals surface area contributed by atoms with Crippen LogP contribution in [0.5, 0.6) is 0 Å². The molecule has 1 aliphatic rings. The molecule has 0 spiro atoms. The minimum absolute atomic E-state index is 0.0901. The molecule has 0 saturated carbocycles. The maximum atomic E-state index is 12.1. The van der Waals surface area contributed by atoms with Gasteiger partial charge in [0.15, 0.2) is 15.1 Å². The van der Waals surface area contributed by atoms with Crippen LogP contribution in [0.2, 0.25) is 0 Å². The van der Waals surface area contributed by atoms with Crippen molar-refractivity contribution in [1.82, 2.24) is 4.90 Å². The molecule has 2 atom stereocenters. The van der Waals surface area contributed by atoms with Gasteiger partial charge in [0.2, 0.25) is 0 Å². The van der Waals surface area contributed by atoms with Crippen LogP contribution in [0.4, 0.5) is 4.79 Å². The number of rotatable bonds is 2. The molecule has 0 aliphatic carbocycles. The molecule has 0 aromatic rings. The minimum Gasteiger partial charge on any atom is -0.465 e. The quantitative estimate of drug-likeness (QED) is 0.704. The van der Waals surface area contributed by atoms with Gasteiger partial charge in [-0.2, -0.15) is 0 Å². The first-order valence-corrected chi connectivity index (χ1v) is 8.57. The third-order valence-electron chi connectivity index (χ3n) is 2.98. The Balaban J connectivity index is 2.94. The summed E-state index contributed by atoms with van der Waals surface area (Å²) in [5.41, 5.74) is -0.688. The summed E-state index contributed by atoms with van der Waals surface area (Å²) in [4.78, 5) is 25.2. The molecule has 7 nitrogen and oxygen atoms in total. The molecule has 0 aromatic carbocycles. The molecule has 0 radical (unpaired) electrons. The number of carbonyl (C=O) groups excluding carboxylic acids is 2. The maximum Gasteiger partial charge on any atom is 0.410 e. The number of carbonyl (C=O) groups is 2. The van der Waals surface area contributed by atoms with Crippen LogP contribution in [0.15, 0.2) is 0 Å². The van der Waals surface area contributed by atoms with Gasteiger partial charge in [0.1, 0.15) is 5.60 Å². The SMILES string of the molecule is CCOC(=O)C1CN(C(=O)OC(C)(C)C)[C@@H](C)CS1(=O)=O. The fourth-order valence-corrected chi connectivity index (χ4v) is 3.88. The summed E-state index contributed by atoms with van der Waals surface area (Å²) >= 11 is 0. The number of ether oxygens (including phenoxy) is 2. The molecule has 0 aromatic heterocycles. The van der Waals surface area contributed by atoms with Crippen LogP contribution >= 0.6 is 0 Å². The Labute approximate surface area is 125 Å². The van der Waals surface area contributed by atoms with Gasteiger partial charge in [0.05, 0.1) is 18.9 Å². The Kier molecular flexibility index (Phi) is 5.25. The molecule has 1 unspecified atom stereocenters. The first-order valence-electron chi connectivity index (χ1n) is 6.85. The summed E-state index contributed by atoms with van der Waals surface area (Å²) in [6.45, 7) is 8.23. The zero-order valence-corrected chi connectivity index (χ0v) is 13.9. The van der Waals surface area contributed by atoms with Crippen molar-refractivity contribution in [2.24, 2.45) is 0 Å². The molecule has 8 heteroatoms. The number of hydrogen-bond acceptors (Lipinski definition) is 6. The van der Waals surface area contributed by atoms with Crippen LogP contribution in [0.25, 0.3) is 0 Å². The predicted molar refractivity (Wildman–Crippen MR) is 76.6 cm³/mol. The van der Waals surface area contributed by atoms with E-state index < -0.39 is 38.8 Å². The zero-order valence-electron chi connectivity index (χ0n) is 13.1. The van der Waals surface area contributed by atoms with E-state index in [1.807, 2.05) is 0 Å². The second kappa shape index (κ2) is 6.21. The summed E-state index contributed by atoms with van der Waals surface area (Å²) in [6, 6.07) is -0.546. The van der Waals surface area contributed by atoms with Gasteiger partial charge in [-0.25, -0.2) is 13.2 Å². The smallest absolute Gasteiger partial charge is 0.410 e.